The molecule has 7 heteroatoms. The maximum Gasteiger partial charge on any atom is 0.277 e. The highest BCUT2D eigenvalue weighted by Gasteiger charge is 2.12. The summed E-state index contributed by atoms with van der Waals surface area (Å²) in [7, 11) is 0. The molecule has 0 saturated heterocycles. The molecule has 0 bridgehead atoms. The number of hydrogen-bond donors (Lipinski definition) is 0. The number of fused-ring (bicyclic) bond motifs is 1. The first kappa shape index (κ1) is 18.7. The van der Waals surface area contributed by atoms with Crippen molar-refractivity contribution in [2.75, 3.05) is 0 Å². The van der Waals surface area contributed by atoms with Crippen LogP contribution in [0, 0.1) is 0 Å². The van der Waals surface area contributed by atoms with Crippen LogP contribution >= 0.6 is 35.0 Å². The van der Waals surface area contributed by atoms with Crippen molar-refractivity contribution in [1.29, 1.82) is 0 Å². The Bertz CT molecular complexity index is 945. The number of aromatic nitrogens is 2. The Labute approximate surface area is 172 Å². The highest BCUT2D eigenvalue weighted by atomic mass is 35.5. The smallest absolute Gasteiger partial charge is 0.277 e. The van der Waals surface area contributed by atoms with Crippen molar-refractivity contribution in [3.63, 3.8) is 0 Å². The summed E-state index contributed by atoms with van der Waals surface area (Å²) >= 11 is 13.5. The van der Waals surface area contributed by atoms with E-state index in [1.165, 1.54) is 35.7 Å². The third-order valence-corrected chi connectivity index (χ3v) is 5.95. The van der Waals surface area contributed by atoms with Crippen molar-refractivity contribution in [3.8, 4) is 5.75 Å². The third kappa shape index (κ3) is 4.78. The Morgan fingerprint density at radius 2 is 1.85 bits per heavy atom. The summed E-state index contributed by atoms with van der Waals surface area (Å²) in [5, 5.41) is 9.85. The summed E-state index contributed by atoms with van der Waals surface area (Å²) in [6.07, 6.45) is 4.81. The van der Waals surface area contributed by atoms with Crippen LogP contribution < -0.4 is 4.74 Å². The molecule has 0 N–H and O–H groups in total. The van der Waals surface area contributed by atoms with Gasteiger partial charge in [0, 0.05) is 15.8 Å². The van der Waals surface area contributed by atoms with Gasteiger partial charge in [-0.3, -0.25) is 0 Å². The van der Waals surface area contributed by atoms with Crippen molar-refractivity contribution in [1.82, 2.24) is 10.2 Å². The predicted octanol–water partition coefficient (Wildman–Crippen LogP) is 6.13. The minimum absolute atomic E-state index is 0.258. The molecule has 27 heavy (non-hydrogen) atoms. The standard InChI is InChI=1S/C20H18Cl2N2O2S/c21-16-7-5-15(18(22)10-16)12-27-20-24-23-19(26-20)11-25-17-8-6-13-3-1-2-4-14(13)9-17/h5-10H,1-4,11-12H2. The van der Waals surface area contributed by atoms with Gasteiger partial charge in [0.15, 0.2) is 6.61 Å². The molecule has 1 aliphatic carbocycles. The van der Waals surface area contributed by atoms with Gasteiger partial charge < -0.3 is 9.15 Å². The summed E-state index contributed by atoms with van der Waals surface area (Å²) in [5.74, 6) is 1.93. The molecular formula is C20H18Cl2N2O2S. The zero-order valence-corrected chi connectivity index (χ0v) is 16.9. The molecule has 1 aliphatic rings. The quantitative estimate of drug-likeness (QED) is 0.449. The van der Waals surface area contributed by atoms with Crippen LogP contribution in [0.3, 0.4) is 0 Å². The number of rotatable bonds is 6. The van der Waals surface area contributed by atoms with Crippen LogP contribution in [0.25, 0.3) is 0 Å². The molecule has 0 aliphatic heterocycles. The molecule has 0 saturated carbocycles. The van der Waals surface area contributed by atoms with E-state index in [2.05, 4.69) is 22.3 Å². The van der Waals surface area contributed by atoms with E-state index in [4.69, 9.17) is 32.4 Å². The van der Waals surface area contributed by atoms with Gasteiger partial charge in [-0.2, -0.15) is 0 Å². The fourth-order valence-corrected chi connectivity index (χ4v) is 4.42. The van der Waals surface area contributed by atoms with E-state index >= 15 is 0 Å². The Morgan fingerprint density at radius 1 is 1.00 bits per heavy atom. The van der Waals surface area contributed by atoms with Crippen molar-refractivity contribution in [2.45, 2.75) is 43.3 Å². The van der Waals surface area contributed by atoms with Crippen molar-refractivity contribution >= 4 is 35.0 Å². The molecule has 0 atom stereocenters. The predicted molar refractivity (Wildman–Crippen MR) is 108 cm³/mol. The van der Waals surface area contributed by atoms with Crippen LogP contribution in [-0.2, 0) is 25.2 Å². The maximum atomic E-state index is 6.18. The van der Waals surface area contributed by atoms with Gasteiger partial charge in [0.05, 0.1) is 0 Å². The Kier molecular flexibility index (Phi) is 5.91. The first-order chi connectivity index (χ1) is 13.2. The number of nitrogens with zero attached hydrogens (tertiary/aromatic N) is 2. The minimum atomic E-state index is 0.258. The van der Waals surface area contributed by atoms with E-state index < -0.39 is 0 Å². The van der Waals surface area contributed by atoms with Gasteiger partial charge in [-0.05, 0) is 66.6 Å². The summed E-state index contributed by atoms with van der Waals surface area (Å²) in [6.45, 7) is 0.258. The summed E-state index contributed by atoms with van der Waals surface area (Å²) in [4.78, 5) is 0. The van der Waals surface area contributed by atoms with E-state index in [-0.39, 0.29) is 6.61 Å². The monoisotopic (exact) mass is 420 g/mol. The van der Waals surface area contributed by atoms with E-state index in [9.17, 15) is 0 Å². The highest BCUT2D eigenvalue weighted by Crippen LogP contribution is 2.29. The number of benzene rings is 2. The van der Waals surface area contributed by atoms with Gasteiger partial charge in [0.25, 0.3) is 11.1 Å². The normalized spacial score (nSPS) is 13.4. The van der Waals surface area contributed by atoms with Gasteiger partial charge in [0.2, 0.25) is 0 Å². The summed E-state index contributed by atoms with van der Waals surface area (Å²) in [5.41, 5.74) is 3.79. The van der Waals surface area contributed by atoms with Gasteiger partial charge in [0.1, 0.15) is 5.75 Å². The van der Waals surface area contributed by atoms with Crippen LogP contribution in [0.15, 0.2) is 46.0 Å². The largest absolute Gasteiger partial charge is 0.484 e. The second kappa shape index (κ2) is 8.55. The lowest BCUT2D eigenvalue weighted by Crippen LogP contribution is -2.03. The van der Waals surface area contributed by atoms with E-state index in [1.54, 1.807) is 6.07 Å². The van der Waals surface area contributed by atoms with Crippen molar-refractivity contribution in [3.05, 3.63) is 69.0 Å². The lowest BCUT2D eigenvalue weighted by atomic mass is 9.92. The molecular weight excluding hydrogens is 403 g/mol. The van der Waals surface area contributed by atoms with E-state index in [0.29, 0.717) is 26.9 Å². The average molecular weight is 421 g/mol. The number of thioether (sulfide) groups is 1. The average Bonchev–Trinajstić information content (AvgIpc) is 3.13. The van der Waals surface area contributed by atoms with Crippen LogP contribution in [-0.4, -0.2) is 10.2 Å². The number of halogens is 2. The highest BCUT2D eigenvalue weighted by molar-refractivity contribution is 7.98. The first-order valence-corrected chi connectivity index (χ1v) is 10.6. The lowest BCUT2D eigenvalue weighted by Gasteiger charge is -2.16. The SMILES string of the molecule is Clc1ccc(CSc2nnc(COc3ccc4c(c3)CCCC4)o2)c(Cl)c1. The van der Waals surface area contributed by atoms with Gasteiger partial charge in [-0.25, -0.2) is 0 Å². The molecule has 4 nitrogen and oxygen atoms in total. The molecule has 1 heterocycles. The van der Waals surface area contributed by atoms with Gasteiger partial charge in [-0.1, -0.05) is 47.1 Å². The number of aryl methyl sites for hydroxylation is 2. The van der Waals surface area contributed by atoms with Crippen LogP contribution in [0.4, 0.5) is 0 Å². The van der Waals surface area contributed by atoms with Gasteiger partial charge >= 0.3 is 0 Å². The maximum absolute atomic E-state index is 6.18. The molecule has 0 fully saturated rings. The van der Waals surface area contributed by atoms with E-state index in [0.717, 1.165) is 24.2 Å². The van der Waals surface area contributed by atoms with Crippen LogP contribution in [0.5, 0.6) is 5.75 Å². The molecule has 2 aromatic carbocycles. The zero-order valence-electron chi connectivity index (χ0n) is 14.6. The van der Waals surface area contributed by atoms with Gasteiger partial charge in [-0.15, -0.1) is 10.2 Å². The fraction of sp³-hybridized carbons (Fsp3) is 0.300. The number of hydrogen-bond acceptors (Lipinski definition) is 5. The first-order valence-electron chi connectivity index (χ1n) is 8.81. The molecule has 0 radical (unpaired) electrons. The Hall–Kier alpha value is -1.69. The Morgan fingerprint density at radius 3 is 2.70 bits per heavy atom. The van der Waals surface area contributed by atoms with Crippen molar-refractivity contribution < 1.29 is 9.15 Å². The van der Waals surface area contributed by atoms with Crippen molar-refractivity contribution in [2.24, 2.45) is 0 Å². The molecule has 0 amide bonds. The number of ether oxygens (including phenoxy) is 1. The van der Waals surface area contributed by atoms with E-state index in [1.807, 2.05) is 18.2 Å². The fourth-order valence-electron chi connectivity index (χ4n) is 3.08. The molecule has 1 aromatic heterocycles. The van der Waals surface area contributed by atoms with Crippen LogP contribution in [0.1, 0.15) is 35.4 Å². The summed E-state index contributed by atoms with van der Waals surface area (Å²) < 4.78 is 11.5. The molecule has 0 spiro atoms. The molecule has 3 aromatic rings. The topological polar surface area (TPSA) is 48.2 Å². The van der Waals surface area contributed by atoms with Crippen LogP contribution in [0.2, 0.25) is 10.0 Å². The Balaban J connectivity index is 1.33. The second-order valence-electron chi connectivity index (χ2n) is 6.41. The summed E-state index contributed by atoms with van der Waals surface area (Å²) in [6, 6.07) is 11.7. The third-order valence-electron chi connectivity index (χ3n) is 4.50. The zero-order chi connectivity index (χ0) is 18.6. The molecule has 4 rings (SSSR count). The lowest BCUT2D eigenvalue weighted by molar-refractivity contribution is 0.252. The second-order valence-corrected chi connectivity index (χ2v) is 8.18. The molecule has 140 valence electrons. The minimum Gasteiger partial charge on any atom is -0.484 e. The molecule has 0 unspecified atom stereocenters.